The van der Waals surface area contributed by atoms with Crippen molar-refractivity contribution in [2.24, 2.45) is 0 Å². The van der Waals surface area contributed by atoms with Crippen molar-refractivity contribution < 1.29 is 14.7 Å². The monoisotopic (exact) mass is 419 g/mol. The zero-order chi connectivity index (χ0) is 22.0. The predicted molar refractivity (Wildman–Crippen MR) is 121 cm³/mol. The van der Waals surface area contributed by atoms with Crippen LogP contribution in [0.15, 0.2) is 54.6 Å². The maximum Gasteiger partial charge on any atom is 0.318 e. The number of nitrogens with zero attached hydrogens (tertiary/aromatic N) is 2. The minimum Gasteiger partial charge on any atom is -0.394 e. The van der Waals surface area contributed by atoms with Gasteiger partial charge in [-0.2, -0.15) is 0 Å². The first-order valence-corrected chi connectivity index (χ1v) is 10.8. The molecule has 2 aliphatic heterocycles. The standard InChI is InChI=1S/C25H29N3O3/c1-17(2)26-25(31)27-14-21-24(22(16-29)28(21)23(30)15-27)20-12-10-19(11-13-20)9-8-18-6-4-3-5-7-18/h3-13,17,21-22,24,29H,14-16H2,1-2H3,(H,26,31)/t21-,22+,24-/m0/s1. The lowest BCUT2D eigenvalue weighted by Gasteiger charge is -2.58. The summed E-state index contributed by atoms with van der Waals surface area (Å²) >= 11 is 0. The van der Waals surface area contributed by atoms with Gasteiger partial charge in [0, 0.05) is 18.5 Å². The molecule has 2 aliphatic rings. The number of urea groups is 1. The Kier molecular flexibility index (Phi) is 6.09. The molecule has 4 rings (SSSR count). The molecule has 0 radical (unpaired) electrons. The van der Waals surface area contributed by atoms with Crippen LogP contribution in [0.3, 0.4) is 0 Å². The number of rotatable bonds is 5. The summed E-state index contributed by atoms with van der Waals surface area (Å²) in [4.78, 5) is 28.4. The number of amides is 3. The molecule has 2 aromatic rings. The maximum atomic E-state index is 12.7. The Morgan fingerprint density at radius 3 is 2.35 bits per heavy atom. The van der Waals surface area contributed by atoms with E-state index in [0.29, 0.717) is 6.54 Å². The summed E-state index contributed by atoms with van der Waals surface area (Å²) in [5.41, 5.74) is 3.31. The summed E-state index contributed by atoms with van der Waals surface area (Å²) in [6.07, 6.45) is 4.14. The van der Waals surface area contributed by atoms with Gasteiger partial charge in [-0.05, 0) is 30.5 Å². The summed E-state index contributed by atoms with van der Waals surface area (Å²) < 4.78 is 0. The molecule has 3 atom stereocenters. The third-order valence-electron chi connectivity index (χ3n) is 6.04. The van der Waals surface area contributed by atoms with Crippen molar-refractivity contribution in [3.05, 3.63) is 71.3 Å². The lowest BCUT2D eigenvalue weighted by Crippen LogP contribution is -2.74. The SMILES string of the molecule is CC(C)NC(=O)N1CC(=O)N2[C@H](CO)[C@@H](c3ccc(C=Cc4ccccc4)cc3)[C@@H]2C1. The summed E-state index contributed by atoms with van der Waals surface area (Å²) in [6.45, 7) is 4.25. The molecular weight excluding hydrogens is 390 g/mol. The fraction of sp³-hybridized carbons (Fsp3) is 0.360. The number of benzene rings is 2. The summed E-state index contributed by atoms with van der Waals surface area (Å²) in [6, 6.07) is 17.8. The first kappa shape index (κ1) is 21.1. The highest BCUT2D eigenvalue weighted by atomic mass is 16.3. The number of fused-ring (bicyclic) bond motifs is 1. The van der Waals surface area contributed by atoms with Crippen molar-refractivity contribution in [1.82, 2.24) is 15.1 Å². The van der Waals surface area contributed by atoms with Gasteiger partial charge in [0.2, 0.25) is 5.91 Å². The average Bonchev–Trinajstić information content (AvgIpc) is 2.74. The van der Waals surface area contributed by atoms with E-state index in [1.54, 1.807) is 9.80 Å². The minimum absolute atomic E-state index is 0.00996. The van der Waals surface area contributed by atoms with Crippen LogP contribution in [-0.2, 0) is 4.79 Å². The van der Waals surface area contributed by atoms with Crippen LogP contribution < -0.4 is 5.32 Å². The van der Waals surface area contributed by atoms with E-state index < -0.39 is 0 Å². The van der Waals surface area contributed by atoms with Crippen LogP contribution in [0.1, 0.15) is 36.5 Å². The van der Waals surface area contributed by atoms with Crippen LogP contribution in [0.2, 0.25) is 0 Å². The normalized spacial score (nSPS) is 23.1. The molecule has 3 amide bonds. The fourth-order valence-electron chi connectivity index (χ4n) is 4.58. The van der Waals surface area contributed by atoms with Gasteiger partial charge in [0.05, 0.1) is 18.7 Å². The van der Waals surface area contributed by atoms with E-state index in [1.165, 1.54) is 0 Å². The molecule has 0 bridgehead atoms. The molecule has 0 saturated carbocycles. The molecule has 0 spiro atoms. The molecule has 6 nitrogen and oxygen atoms in total. The highest BCUT2D eigenvalue weighted by molar-refractivity contribution is 5.87. The largest absolute Gasteiger partial charge is 0.394 e. The number of aliphatic hydroxyl groups excluding tert-OH is 1. The maximum absolute atomic E-state index is 12.7. The van der Waals surface area contributed by atoms with E-state index in [0.717, 1.165) is 16.7 Å². The van der Waals surface area contributed by atoms with Gasteiger partial charge in [-0.1, -0.05) is 66.7 Å². The Morgan fingerprint density at radius 1 is 1.10 bits per heavy atom. The summed E-state index contributed by atoms with van der Waals surface area (Å²) in [5, 5.41) is 12.8. The van der Waals surface area contributed by atoms with E-state index in [1.807, 2.05) is 32.0 Å². The van der Waals surface area contributed by atoms with Crippen LogP contribution >= 0.6 is 0 Å². The van der Waals surface area contributed by atoms with Crippen molar-refractivity contribution >= 4 is 24.1 Å². The second-order valence-electron chi connectivity index (χ2n) is 8.54. The molecule has 6 heteroatoms. The minimum atomic E-state index is -0.237. The zero-order valence-corrected chi connectivity index (χ0v) is 17.9. The topological polar surface area (TPSA) is 72.9 Å². The molecule has 0 aromatic heterocycles. The first-order valence-electron chi connectivity index (χ1n) is 10.8. The number of carbonyl (C=O) groups excluding carboxylic acids is 2. The Hall–Kier alpha value is -3.12. The van der Waals surface area contributed by atoms with E-state index in [4.69, 9.17) is 0 Å². The lowest BCUT2D eigenvalue weighted by molar-refractivity contribution is -0.159. The summed E-state index contributed by atoms with van der Waals surface area (Å²) in [5.74, 6) is -0.0939. The van der Waals surface area contributed by atoms with E-state index in [2.05, 4.69) is 53.9 Å². The predicted octanol–water partition coefficient (Wildman–Crippen LogP) is 2.95. The second-order valence-corrected chi connectivity index (χ2v) is 8.54. The second kappa shape index (κ2) is 8.94. The van der Waals surface area contributed by atoms with Gasteiger partial charge in [0.25, 0.3) is 0 Å². The fourth-order valence-corrected chi connectivity index (χ4v) is 4.58. The van der Waals surface area contributed by atoms with Crippen LogP contribution in [-0.4, -0.2) is 64.7 Å². The lowest BCUT2D eigenvalue weighted by atomic mass is 9.73. The molecule has 2 fully saturated rings. The Labute approximate surface area is 183 Å². The van der Waals surface area contributed by atoms with E-state index in [-0.39, 0.29) is 49.1 Å². The van der Waals surface area contributed by atoms with Crippen LogP contribution in [0, 0.1) is 0 Å². The van der Waals surface area contributed by atoms with Gasteiger partial charge in [-0.15, -0.1) is 0 Å². The van der Waals surface area contributed by atoms with Gasteiger partial charge < -0.3 is 20.2 Å². The number of aliphatic hydroxyl groups is 1. The zero-order valence-electron chi connectivity index (χ0n) is 17.9. The van der Waals surface area contributed by atoms with E-state index in [9.17, 15) is 14.7 Å². The van der Waals surface area contributed by atoms with Gasteiger partial charge in [0.15, 0.2) is 0 Å². The molecule has 2 aromatic carbocycles. The van der Waals surface area contributed by atoms with Crippen molar-refractivity contribution in [2.45, 2.75) is 37.9 Å². The number of piperazine rings is 1. The molecule has 2 N–H and O–H groups in total. The third kappa shape index (κ3) is 4.35. The van der Waals surface area contributed by atoms with Gasteiger partial charge >= 0.3 is 6.03 Å². The van der Waals surface area contributed by atoms with Crippen molar-refractivity contribution in [3.63, 3.8) is 0 Å². The van der Waals surface area contributed by atoms with Crippen molar-refractivity contribution in [1.29, 1.82) is 0 Å². The van der Waals surface area contributed by atoms with Crippen molar-refractivity contribution in [2.75, 3.05) is 19.7 Å². The highest BCUT2D eigenvalue weighted by Crippen LogP contribution is 2.42. The van der Waals surface area contributed by atoms with Crippen LogP contribution in [0.4, 0.5) is 4.79 Å². The number of hydrogen-bond acceptors (Lipinski definition) is 3. The number of carbonyl (C=O) groups is 2. The molecule has 2 heterocycles. The molecule has 2 saturated heterocycles. The molecule has 31 heavy (non-hydrogen) atoms. The van der Waals surface area contributed by atoms with Gasteiger partial charge in [-0.25, -0.2) is 4.79 Å². The van der Waals surface area contributed by atoms with Crippen LogP contribution in [0.25, 0.3) is 12.2 Å². The first-order chi connectivity index (χ1) is 15.0. The van der Waals surface area contributed by atoms with Crippen LogP contribution in [0.5, 0.6) is 0 Å². The van der Waals surface area contributed by atoms with Crippen molar-refractivity contribution in [3.8, 4) is 0 Å². The number of nitrogens with one attached hydrogen (secondary N) is 1. The molecule has 0 unspecified atom stereocenters. The Balaban J connectivity index is 1.49. The summed E-state index contributed by atoms with van der Waals surface area (Å²) in [7, 11) is 0. The Morgan fingerprint density at radius 2 is 1.74 bits per heavy atom. The molecular formula is C25H29N3O3. The average molecular weight is 420 g/mol. The third-order valence-corrected chi connectivity index (χ3v) is 6.04. The molecule has 0 aliphatic carbocycles. The Bertz CT molecular complexity index is 956. The van der Waals surface area contributed by atoms with Gasteiger partial charge in [-0.3, -0.25) is 4.79 Å². The quantitative estimate of drug-likeness (QED) is 0.732. The number of hydrogen-bond donors (Lipinski definition) is 2. The highest BCUT2D eigenvalue weighted by Gasteiger charge is 2.54. The smallest absolute Gasteiger partial charge is 0.318 e. The van der Waals surface area contributed by atoms with E-state index >= 15 is 0 Å². The van der Waals surface area contributed by atoms with Gasteiger partial charge in [0.1, 0.15) is 6.54 Å². The molecule has 162 valence electrons.